The number of hydrogen-bond donors (Lipinski definition) is 1. The molecule has 0 amide bonds. The molecule has 2 N–H and O–H groups in total. The van der Waals surface area contributed by atoms with Gasteiger partial charge in [-0.1, -0.05) is 17.7 Å². The number of nitrogens with two attached hydrogens (primary N) is 1. The lowest BCUT2D eigenvalue weighted by molar-refractivity contribution is 0.815. The molecule has 0 aliphatic carbocycles. The van der Waals surface area contributed by atoms with Gasteiger partial charge in [0.15, 0.2) is 5.13 Å². The summed E-state index contributed by atoms with van der Waals surface area (Å²) in [4.78, 5) is 6.81. The highest BCUT2D eigenvalue weighted by Crippen LogP contribution is 2.28. The fourth-order valence-corrected chi connectivity index (χ4v) is 2.62. The maximum absolute atomic E-state index is 5.62. The van der Waals surface area contributed by atoms with Gasteiger partial charge in [-0.25, -0.2) is 4.98 Å². The van der Waals surface area contributed by atoms with Gasteiger partial charge in [0.25, 0.3) is 0 Å². The average molecular weight is 261 g/mol. The minimum Gasteiger partial charge on any atom is -0.330 e. The number of thiazole rings is 1. The fraction of sp³-hybridized carbons (Fsp3) is 0.357. The minimum atomic E-state index is 0.701. The van der Waals surface area contributed by atoms with Gasteiger partial charge < -0.3 is 10.6 Å². The molecule has 1 heterocycles. The first kappa shape index (κ1) is 13.1. The van der Waals surface area contributed by atoms with Crippen molar-refractivity contribution in [3.8, 4) is 0 Å². The average Bonchev–Trinajstić information content (AvgIpc) is 2.78. The SMILES string of the molecule is Cc1ccc(N(CCCN)c2nc(C)cs2)cc1. The summed E-state index contributed by atoms with van der Waals surface area (Å²) >= 11 is 1.68. The summed E-state index contributed by atoms with van der Waals surface area (Å²) in [6, 6.07) is 8.54. The lowest BCUT2D eigenvalue weighted by Gasteiger charge is -2.21. The standard InChI is InChI=1S/C14H19N3S/c1-11-4-6-13(7-5-11)17(9-3-8-15)14-16-12(2)10-18-14/h4-7,10H,3,8-9,15H2,1-2H3. The third kappa shape index (κ3) is 3.09. The number of aromatic nitrogens is 1. The van der Waals surface area contributed by atoms with Crippen molar-refractivity contribution < 1.29 is 0 Å². The van der Waals surface area contributed by atoms with Gasteiger partial charge in [0, 0.05) is 17.6 Å². The van der Waals surface area contributed by atoms with Gasteiger partial charge >= 0.3 is 0 Å². The Morgan fingerprint density at radius 3 is 2.50 bits per heavy atom. The number of hydrogen-bond acceptors (Lipinski definition) is 4. The highest BCUT2D eigenvalue weighted by Gasteiger charge is 2.11. The van der Waals surface area contributed by atoms with E-state index in [0.29, 0.717) is 6.54 Å². The van der Waals surface area contributed by atoms with Crippen molar-refractivity contribution in [1.82, 2.24) is 4.98 Å². The molecule has 0 saturated carbocycles. The zero-order valence-electron chi connectivity index (χ0n) is 10.9. The Morgan fingerprint density at radius 1 is 1.22 bits per heavy atom. The molecule has 0 bridgehead atoms. The summed E-state index contributed by atoms with van der Waals surface area (Å²) in [5.74, 6) is 0. The monoisotopic (exact) mass is 261 g/mol. The summed E-state index contributed by atoms with van der Waals surface area (Å²) in [5.41, 5.74) is 9.14. The van der Waals surface area contributed by atoms with Crippen LogP contribution in [0.4, 0.5) is 10.8 Å². The maximum Gasteiger partial charge on any atom is 0.190 e. The fourth-order valence-electron chi connectivity index (χ4n) is 1.77. The van der Waals surface area contributed by atoms with Crippen LogP contribution in [-0.4, -0.2) is 18.1 Å². The Labute approximate surface area is 112 Å². The smallest absolute Gasteiger partial charge is 0.190 e. The first-order valence-corrected chi connectivity index (χ1v) is 7.05. The van der Waals surface area contributed by atoms with Gasteiger partial charge in [-0.2, -0.15) is 0 Å². The molecular weight excluding hydrogens is 242 g/mol. The first-order chi connectivity index (χ1) is 8.70. The number of aryl methyl sites for hydroxylation is 2. The van der Waals surface area contributed by atoms with Crippen molar-refractivity contribution in [2.75, 3.05) is 18.0 Å². The van der Waals surface area contributed by atoms with E-state index >= 15 is 0 Å². The molecular formula is C14H19N3S. The topological polar surface area (TPSA) is 42.1 Å². The zero-order chi connectivity index (χ0) is 13.0. The molecule has 2 rings (SSSR count). The van der Waals surface area contributed by atoms with Crippen LogP contribution in [0.3, 0.4) is 0 Å². The van der Waals surface area contributed by atoms with E-state index in [1.54, 1.807) is 11.3 Å². The predicted octanol–water partition coefficient (Wildman–Crippen LogP) is 3.25. The minimum absolute atomic E-state index is 0.701. The molecule has 0 aliphatic heterocycles. The first-order valence-electron chi connectivity index (χ1n) is 6.17. The number of anilines is 2. The Balaban J connectivity index is 2.27. The molecule has 0 saturated heterocycles. The van der Waals surface area contributed by atoms with Crippen LogP contribution in [0.5, 0.6) is 0 Å². The van der Waals surface area contributed by atoms with Crippen LogP contribution in [-0.2, 0) is 0 Å². The second kappa shape index (κ2) is 5.98. The molecule has 96 valence electrons. The van der Waals surface area contributed by atoms with E-state index in [1.165, 1.54) is 11.3 Å². The Hall–Kier alpha value is -1.39. The summed E-state index contributed by atoms with van der Waals surface area (Å²) in [7, 11) is 0. The summed E-state index contributed by atoms with van der Waals surface area (Å²) in [6.45, 7) is 5.73. The predicted molar refractivity (Wildman–Crippen MR) is 78.7 cm³/mol. The van der Waals surface area contributed by atoms with Crippen LogP contribution in [0, 0.1) is 13.8 Å². The van der Waals surface area contributed by atoms with Gasteiger partial charge in [0.1, 0.15) is 0 Å². The summed E-state index contributed by atoms with van der Waals surface area (Å²) in [5, 5.41) is 3.13. The van der Waals surface area contributed by atoms with Crippen molar-refractivity contribution in [3.63, 3.8) is 0 Å². The second-order valence-electron chi connectivity index (χ2n) is 4.40. The molecule has 0 aliphatic rings. The van der Waals surface area contributed by atoms with E-state index in [2.05, 4.69) is 46.5 Å². The van der Waals surface area contributed by atoms with Crippen LogP contribution in [0.2, 0.25) is 0 Å². The molecule has 0 unspecified atom stereocenters. The maximum atomic E-state index is 5.62. The van der Waals surface area contributed by atoms with Crippen LogP contribution in [0.15, 0.2) is 29.6 Å². The van der Waals surface area contributed by atoms with E-state index in [-0.39, 0.29) is 0 Å². The van der Waals surface area contributed by atoms with Crippen LogP contribution < -0.4 is 10.6 Å². The van der Waals surface area contributed by atoms with Gasteiger partial charge in [-0.05, 0) is 38.9 Å². The lowest BCUT2D eigenvalue weighted by atomic mass is 10.2. The van der Waals surface area contributed by atoms with E-state index in [1.807, 2.05) is 6.92 Å². The molecule has 1 aromatic carbocycles. The Kier molecular flexibility index (Phi) is 4.33. The van der Waals surface area contributed by atoms with E-state index < -0.39 is 0 Å². The second-order valence-corrected chi connectivity index (χ2v) is 5.24. The van der Waals surface area contributed by atoms with Crippen molar-refractivity contribution in [1.29, 1.82) is 0 Å². The third-order valence-corrected chi connectivity index (χ3v) is 3.75. The molecule has 0 radical (unpaired) electrons. The Morgan fingerprint density at radius 2 is 1.94 bits per heavy atom. The normalized spacial score (nSPS) is 10.6. The Bertz CT molecular complexity index is 490. The van der Waals surface area contributed by atoms with Crippen molar-refractivity contribution in [2.24, 2.45) is 5.73 Å². The quantitative estimate of drug-likeness (QED) is 0.898. The van der Waals surface area contributed by atoms with Crippen molar-refractivity contribution >= 4 is 22.2 Å². The third-order valence-electron chi connectivity index (χ3n) is 2.77. The highest BCUT2D eigenvalue weighted by atomic mass is 32.1. The molecule has 18 heavy (non-hydrogen) atoms. The van der Waals surface area contributed by atoms with Gasteiger partial charge in [0.05, 0.1) is 5.69 Å². The van der Waals surface area contributed by atoms with Gasteiger partial charge in [0.2, 0.25) is 0 Å². The van der Waals surface area contributed by atoms with Gasteiger partial charge in [-0.3, -0.25) is 0 Å². The molecule has 2 aromatic rings. The van der Waals surface area contributed by atoms with Crippen LogP contribution >= 0.6 is 11.3 Å². The van der Waals surface area contributed by atoms with Crippen molar-refractivity contribution in [2.45, 2.75) is 20.3 Å². The lowest BCUT2D eigenvalue weighted by Crippen LogP contribution is -2.20. The molecule has 0 fully saturated rings. The van der Waals surface area contributed by atoms with Crippen molar-refractivity contribution in [3.05, 3.63) is 40.9 Å². The molecule has 4 heteroatoms. The molecule has 3 nitrogen and oxygen atoms in total. The van der Waals surface area contributed by atoms with Gasteiger partial charge in [-0.15, -0.1) is 11.3 Å². The highest BCUT2D eigenvalue weighted by molar-refractivity contribution is 7.13. The summed E-state index contributed by atoms with van der Waals surface area (Å²) < 4.78 is 0. The van der Waals surface area contributed by atoms with E-state index in [9.17, 15) is 0 Å². The number of nitrogens with zero attached hydrogens (tertiary/aromatic N) is 2. The summed E-state index contributed by atoms with van der Waals surface area (Å²) in [6.07, 6.45) is 0.965. The number of rotatable bonds is 5. The molecule has 0 spiro atoms. The molecule has 1 aromatic heterocycles. The van der Waals surface area contributed by atoms with E-state index in [4.69, 9.17) is 5.73 Å². The zero-order valence-corrected chi connectivity index (χ0v) is 11.7. The van der Waals surface area contributed by atoms with E-state index in [0.717, 1.165) is 23.8 Å². The largest absolute Gasteiger partial charge is 0.330 e. The van der Waals surface area contributed by atoms with Crippen LogP contribution in [0.1, 0.15) is 17.7 Å². The van der Waals surface area contributed by atoms with Crippen LogP contribution in [0.25, 0.3) is 0 Å². The molecule has 0 atom stereocenters. The number of benzene rings is 1.